The Bertz CT molecular complexity index is 1110. The number of hydrogen-bond acceptors (Lipinski definition) is 6. The van der Waals surface area contributed by atoms with Gasteiger partial charge < -0.3 is 18.6 Å². The Morgan fingerprint density at radius 3 is 2.30 bits per heavy atom. The van der Waals surface area contributed by atoms with Crippen molar-refractivity contribution in [3.05, 3.63) is 62.2 Å². The number of furan rings is 1. The van der Waals surface area contributed by atoms with Gasteiger partial charge in [-0.05, 0) is 43.3 Å². The predicted octanol–water partition coefficient (Wildman–Crippen LogP) is 5.54. The molecule has 156 valence electrons. The van der Waals surface area contributed by atoms with E-state index in [1.807, 2.05) is 19.1 Å². The smallest absolute Gasteiger partial charge is 0.341 e. The van der Waals surface area contributed by atoms with Gasteiger partial charge in [0.05, 0.1) is 14.2 Å². The van der Waals surface area contributed by atoms with Crippen LogP contribution in [-0.2, 0) is 9.47 Å². The average Bonchev–Trinajstić information content (AvgIpc) is 3.14. The van der Waals surface area contributed by atoms with Crippen molar-refractivity contribution in [2.24, 2.45) is 0 Å². The fourth-order valence-corrected chi connectivity index (χ4v) is 3.26. The van der Waals surface area contributed by atoms with Crippen molar-refractivity contribution in [3.8, 4) is 18.1 Å². The number of carbonyl (C=O) groups is 2. The third-order valence-corrected chi connectivity index (χ3v) is 5.00. The Morgan fingerprint density at radius 2 is 1.67 bits per heavy atom. The number of esters is 2. The van der Waals surface area contributed by atoms with Gasteiger partial charge in [0.2, 0.25) is 0 Å². The molecule has 1 aromatic heterocycles. The van der Waals surface area contributed by atoms with Gasteiger partial charge in [-0.2, -0.15) is 0 Å². The third-order valence-electron chi connectivity index (χ3n) is 3.82. The van der Waals surface area contributed by atoms with Crippen LogP contribution in [0, 0.1) is 19.3 Å². The van der Waals surface area contributed by atoms with Crippen molar-refractivity contribution >= 4 is 54.8 Å². The molecule has 3 rings (SSSR count). The van der Waals surface area contributed by atoms with Crippen LogP contribution in [0.15, 0.2) is 49.8 Å². The molecule has 0 unspecified atom stereocenters. The molecular weight excluding hydrogens is 520 g/mol. The summed E-state index contributed by atoms with van der Waals surface area (Å²) < 4.78 is 21.7. The lowest BCUT2D eigenvalue weighted by Gasteiger charge is -2.08. The van der Waals surface area contributed by atoms with E-state index in [0.29, 0.717) is 22.5 Å². The first-order chi connectivity index (χ1) is 14.3. The maximum Gasteiger partial charge on any atom is 0.341 e. The molecule has 0 aliphatic heterocycles. The van der Waals surface area contributed by atoms with Crippen LogP contribution in [0.2, 0.25) is 0 Å². The normalized spacial score (nSPS) is 9.87. The van der Waals surface area contributed by atoms with Gasteiger partial charge in [-0.15, -0.1) is 6.42 Å². The Morgan fingerprint density at radius 1 is 1.03 bits per heavy atom. The van der Waals surface area contributed by atoms with E-state index in [1.165, 1.54) is 14.2 Å². The van der Waals surface area contributed by atoms with Crippen LogP contribution < -0.4 is 4.74 Å². The second-order valence-corrected chi connectivity index (χ2v) is 7.58. The lowest BCUT2D eigenvalue weighted by atomic mass is 10.1. The van der Waals surface area contributed by atoms with Crippen molar-refractivity contribution in [1.29, 1.82) is 0 Å². The van der Waals surface area contributed by atoms with E-state index in [0.717, 1.165) is 20.1 Å². The summed E-state index contributed by atoms with van der Waals surface area (Å²) in [6.07, 6.45) is 5.07. The van der Waals surface area contributed by atoms with E-state index in [4.69, 9.17) is 15.6 Å². The van der Waals surface area contributed by atoms with Crippen LogP contribution in [-0.4, -0.2) is 32.8 Å². The molecule has 8 heteroatoms. The summed E-state index contributed by atoms with van der Waals surface area (Å²) in [6, 6.07) is 10.4. The van der Waals surface area contributed by atoms with Crippen LogP contribution in [0.25, 0.3) is 11.0 Å². The standard InChI is InChI=1S/2C11H9BrO3/c1-6-5-8-9(12)4-3-7(10(8)15-6)11(13)14-2;1-3-6-15-10-7-8(12)4-5-9(10)11(13)14-2/h3-5H,1-2H3;1,4-5,7H,6H2,2H3. The lowest BCUT2D eigenvalue weighted by Crippen LogP contribution is -2.05. The molecule has 0 saturated carbocycles. The first kappa shape index (κ1) is 23.5. The van der Waals surface area contributed by atoms with Crippen molar-refractivity contribution in [2.75, 3.05) is 20.8 Å². The minimum atomic E-state index is -0.450. The Labute approximate surface area is 190 Å². The van der Waals surface area contributed by atoms with Crippen molar-refractivity contribution < 1.29 is 28.2 Å². The van der Waals surface area contributed by atoms with Crippen LogP contribution in [0.1, 0.15) is 26.5 Å². The molecule has 0 bridgehead atoms. The van der Waals surface area contributed by atoms with E-state index >= 15 is 0 Å². The summed E-state index contributed by atoms with van der Waals surface area (Å²) in [5, 5.41) is 0.885. The molecule has 0 N–H and O–H groups in total. The molecule has 0 radical (unpaired) electrons. The Hall–Kier alpha value is -2.76. The summed E-state index contributed by atoms with van der Waals surface area (Å²) in [6.45, 7) is 1.95. The van der Waals surface area contributed by atoms with Crippen LogP contribution in [0.5, 0.6) is 5.75 Å². The minimum absolute atomic E-state index is 0.112. The molecule has 0 saturated heterocycles. The minimum Gasteiger partial charge on any atom is -0.480 e. The van der Waals surface area contributed by atoms with Crippen LogP contribution >= 0.6 is 31.9 Å². The van der Waals surface area contributed by atoms with Crippen LogP contribution in [0.3, 0.4) is 0 Å². The van der Waals surface area contributed by atoms with Crippen molar-refractivity contribution in [2.45, 2.75) is 6.92 Å². The summed E-state index contributed by atoms with van der Waals surface area (Å²) >= 11 is 6.68. The lowest BCUT2D eigenvalue weighted by molar-refractivity contribution is 0.0589. The molecule has 0 aliphatic carbocycles. The largest absolute Gasteiger partial charge is 0.480 e. The second-order valence-electron chi connectivity index (χ2n) is 5.81. The van der Waals surface area contributed by atoms with Gasteiger partial charge >= 0.3 is 11.9 Å². The van der Waals surface area contributed by atoms with E-state index in [2.05, 4.69) is 47.3 Å². The van der Waals surface area contributed by atoms with E-state index in [-0.39, 0.29) is 12.6 Å². The topological polar surface area (TPSA) is 75.0 Å². The number of aryl methyl sites for hydroxylation is 1. The van der Waals surface area contributed by atoms with Gasteiger partial charge in [0.15, 0.2) is 0 Å². The molecule has 1 heterocycles. The summed E-state index contributed by atoms with van der Waals surface area (Å²) in [7, 11) is 2.67. The second kappa shape index (κ2) is 10.9. The molecule has 0 amide bonds. The number of terminal acetylenes is 1. The quantitative estimate of drug-likeness (QED) is 0.321. The highest BCUT2D eigenvalue weighted by atomic mass is 79.9. The highest BCUT2D eigenvalue weighted by Crippen LogP contribution is 2.30. The fraction of sp³-hybridized carbons (Fsp3) is 0.182. The molecule has 0 atom stereocenters. The first-order valence-corrected chi connectivity index (χ1v) is 10.1. The maximum absolute atomic E-state index is 11.5. The van der Waals surface area contributed by atoms with Gasteiger partial charge in [0, 0.05) is 14.3 Å². The number of methoxy groups -OCH3 is 2. The van der Waals surface area contributed by atoms with E-state index < -0.39 is 5.97 Å². The SMILES string of the molecule is C#CCOc1cc(Br)ccc1C(=O)OC.COC(=O)c1ccc(Br)c2cc(C)oc12. The van der Waals surface area contributed by atoms with Gasteiger partial charge in [-0.25, -0.2) is 9.59 Å². The predicted molar refractivity (Wildman–Crippen MR) is 120 cm³/mol. The van der Waals surface area contributed by atoms with E-state index in [1.54, 1.807) is 24.3 Å². The molecule has 0 fully saturated rings. The van der Waals surface area contributed by atoms with Crippen LogP contribution in [0.4, 0.5) is 0 Å². The van der Waals surface area contributed by atoms with Gasteiger partial charge in [-0.3, -0.25) is 0 Å². The molecule has 6 nitrogen and oxygen atoms in total. The number of hydrogen-bond donors (Lipinski definition) is 0. The van der Waals surface area contributed by atoms with Crippen molar-refractivity contribution in [1.82, 2.24) is 0 Å². The zero-order valence-corrected chi connectivity index (χ0v) is 19.6. The first-order valence-electron chi connectivity index (χ1n) is 8.53. The zero-order chi connectivity index (χ0) is 22.3. The van der Waals surface area contributed by atoms with Gasteiger partial charge in [-0.1, -0.05) is 37.8 Å². The Balaban J connectivity index is 0.000000214. The van der Waals surface area contributed by atoms with Gasteiger partial charge in [0.1, 0.15) is 34.8 Å². The Kier molecular flexibility index (Phi) is 8.51. The zero-order valence-electron chi connectivity index (χ0n) is 16.5. The molecule has 3 aromatic rings. The summed E-state index contributed by atoms with van der Waals surface area (Å²) in [5.41, 5.74) is 1.37. The number of ether oxygens (including phenoxy) is 3. The number of benzene rings is 2. The number of halogens is 2. The highest BCUT2D eigenvalue weighted by Gasteiger charge is 2.16. The third kappa shape index (κ3) is 5.65. The molecule has 2 aromatic carbocycles. The maximum atomic E-state index is 11.5. The van der Waals surface area contributed by atoms with E-state index in [9.17, 15) is 9.59 Å². The van der Waals surface area contributed by atoms with Crippen molar-refractivity contribution in [3.63, 3.8) is 0 Å². The monoisotopic (exact) mass is 536 g/mol. The number of carbonyl (C=O) groups excluding carboxylic acids is 2. The highest BCUT2D eigenvalue weighted by molar-refractivity contribution is 9.11. The number of fused-ring (bicyclic) bond motifs is 1. The summed E-state index contributed by atoms with van der Waals surface area (Å²) in [4.78, 5) is 22.8. The van der Waals surface area contributed by atoms with Gasteiger partial charge in [0.25, 0.3) is 0 Å². The summed E-state index contributed by atoms with van der Waals surface area (Å²) in [5.74, 6) is 2.67. The fourth-order valence-electron chi connectivity index (χ4n) is 2.50. The molecular formula is C22H18Br2O6. The molecule has 0 aliphatic rings. The molecule has 30 heavy (non-hydrogen) atoms. The average molecular weight is 538 g/mol. The number of rotatable bonds is 4. The molecule has 0 spiro atoms.